The van der Waals surface area contributed by atoms with E-state index in [9.17, 15) is 0 Å². The van der Waals surface area contributed by atoms with Crippen LogP contribution < -0.4 is 18.9 Å². The Bertz CT molecular complexity index is 2620. The van der Waals surface area contributed by atoms with E-state index >= 15 is 0 Å². The van der Waals surface area contributed by atoms with Gasteiger partial charge in [0.15, 0.2) is 0 Å². The molecule has 6 aromatic rings. The van der Waals surface area contributed by atoms with Gasteiger partial charge in [-0.15, -0.1) is 0 Å². The van der Waals surface area contributed by atoms with Crippen LogP contribution in [0.3, 0.4) is 0 Å². The summed E-state index contributed by atoms with van der Waals surface area (Å²) < 4.78 is 28.1. The lowest BCUT2D eigenvalue weighted by molar-refractivity contribution is 0.301. The first-order valence-corrected chi connectivity index (χ1v) is 29.2. The highest BCUT2D eigenvalue weighted by Crippen LogP contribution is 2.56. The van der Waals surface area contributed by atoms with Gasteiger partial charge in [0.05, 0.1) is 76.9 Å². The van der Waals surface area contributed by atoms with Crippen LogP contribution in [0.2, 0.25) is 0 Å². The highest BCUT2D eigenvalue weighted by molar-refractivity contribution is 8.01. The summed E-state index contributed by atoms with van der Waals surface area (Å²) in [4.78, 5) is 26.6. The molecular weight excluding hydrogens is 993 g/mol. The summed E-state index contributed by atoms with van der Waals surface area (Å²) in [5.74, 6) is 3.31. The largest absolute Gasteiger partial charge is 0.491 e. The van der Waals surface area contributed by atoms with E-state index in [1.165, 1.54) is 22.3 Å². The molecule has 74 heavy (non-hydrogen) atoms. The van der Waals surface area contributed by atoms with E-state index in [1.54, 1.807) is 59.4 Å². The third kappa shape index (κ3) is 15.2. The number of aromatic nitrogens is 2. The minimum atomic E-state index is -0.185. The maximum absolute atomic E-state index is 7.08. The van der Waals surface area contributed by atoms with E-state index in [2.05, 4.69) is 155 Å². The van der Waals surface area contributed by atoms with Crippen LogP contribution in [0.4, 0.5) is 0 Å². The van der Waals surface area contributed by atoms with Crippen molar-refractivity contribution in [3.63, 3.8) is 0 Å². The Morgan fingerprint density at radius 3 is 0.865 bits per heavy atom. The maximum Gasteiger partial charge on any atom is 0.147 e. The van der Waals surface area contributed by atoms with Crippen molar-refractivity contribution >= 4 is 59.5 Å². The minimum Gasteiger partial charge on any atom is -0.491 e. The predicted molar refractivity (Wildman–Crippen MR) is 313 cm³/mol. The number of benzene rings is 4. The number of rotatable bonds is 16. The van der Waals surface area contributed by atoms with Crippen molar-refractivity contribution in [2.24, 2.45) is 9.98 Å². The molecule has 3 heterocycles. The maximum atomic E-state index is 7.08. The van der Waals surface area contributed by atoms with Crippen molar-refractivity contribution in [3.8, 4) is 23.0 Å². The molecule has 0 radical (unpaired) electrons. The van der Waals surface area contributed by atoms with E-state index in [4.69, 9.17) is 28.9 Å². The zero-order valence-corrected chi connectivity index (χ0v) is 49.4. The molecule has 0 aliphatic carbocycles. The Kier molecular flexibility index (Phi) is 19.1. The number of hydrogen-bond acceptors (Lipinski definition) is 12. The monoisotopic (exact) mass is 1070 g/mol. The first kappa shape index (κ1) is 56.8. The van der Waals surface area contributed by atoms with E-state index in [1.807, 2.05) is 48.8 Å². The Morgan fingerprint density at radius 1 is 0.392 bits per heavy atom. The summed E-state index contributed by atoms with van der Waals surface area (Å²) in [5.41, 5.74) is 5.70. The molecule has 8 nitrogen and oxygen atoms in total. The van der Waals surface area contributed by atoms with Crippen LogP contribution in [0, 0.1) is 0 Å². The third-order valence-electron chi connectivity index (χ3n) is 12.1. The first-order valence-electron chi connectivity index (χ1n) is 25.9. The topological polar surface area (TPSA) is 87.4 Å². The molecule has 4 aromatic carbocycles. The average Bonchev–Trinajstić information content (AvgIpc) is 3.33. The quantitative estimate of drug-likeness (QED) is 0.0689. The van der Waals surface area contributed by atoms with Gasteiger partial charge in [-0.3, -0.25) is 20.0 Å². The predicted octanol–water partition coefficient (Wildman–Crippen LogP) is 17.2. The Labute approximate surface area is 459 Å². The van der Waals surface area contributed by atoms with E-state index in [0.717, 1.165) is 86.4 Å². The molecule has 0 saturated heterocycles. The molecular formula is C62H76N4O4S4. The van der Waals surface area contributed by atoms with Crippen molar-refractivity contribution in [3.05, 3.63) is 131 Å². The molecule has 2 aromatic heterocycles. The Morgan fingerprint density at radius 2 is 0.649 bits per heavy atom. The fourth-order valence-corrected chi connectivity index (χ4v) is 12.5. The van der Waals surface area contributed by atoms with Gasteiger partial charge >= 0.3 is 0 Å². The summed E-state index contributed by atoms with van der Waals surface area (Å²) in [5, 5.41) is 0. The van der Waals surface area contributed by atoms with E-state index in [0.29, 0.717) is 39.5 Å². The summed E-state index contributed by atoms with van der Waals surface area (Å²) in [6.07, 6.45) is 8.92. The number of pyridine rings is 2. The van der Waals surface area contributed by atoms with Gasteiger partial charge in [-0.25, -0.2) is 0 Å². The molecule has 0 N–H and O–H groups in total. The molecule has 0 amide bonds. The first-order chi connectivity index (χ1) is 35.1. The molecule has 0 spiro atoms. The highest BCUT2D eigenvalue weighted by Gasteiger charge is 2.30. The normalized spacial score (nSPS) is 13.4. The van der Waals surface area contributed by atoms with Crippen molar-refractivity contribution in [1.82, 2.24) is 9.97 Å². The molecule has 1 aliphatic rings. The van der Waals surface area contributed by atoms with Crippen LogP contribution in [-0.4, -0.2) is 61.9 Å². The number of ether oxygens (including phenoxy) is 4. The molecule has 0 fully saturated rings. The lowest BCUT2D eigenvalue weighted by Crippen LogP contribution is -2.14. The fourth-order valence-electron chi connectivity index (χ4n) is 7.72. The standard InChI is InChI=1S/C62H76N4O4S4/c1-15-27-67-55-47-31-41(59(3,4)5)32-48(55)72-52-36-44(62(12,13)14)38-54(58(52)70-30-26-64-40-46-22-18-20-24-66-46)74-50-34-42(60(6,7)8)33-49(56(50)68-28-16-2)73-53-37-43(61(9,10)11)35-51(71-47)57(53)69-29-25-63-39-45-21-17-19-23-65-45/h17-24,31-40H,15-16,25-30H2,1-14H3. The average molecular weight is 1070 g/mol. The zero-order chi connectivity index (χ0) is 53.3. The Balaban J connectivity index is 1.53. The number of fused-ring (bicyclic) bond motifs is 8. The molecule has 12 heteroatoms. The van der Waals surface area contributed by atoms with Crippen molar-refractivity contribution in [2.45, 2.75) is 171 Å². The molecule has 0 unspecified atom stereocenters. The smallest absolute Gasteiger partial charge is 0.147 e. The van der Waals surface area contributed by atoms with Gasteiger partial charge in [0, 0.05) is 24.8 Å². The zero-order valence-electron chi connectivity index (χ0n) is 46.1. The van der Waals surface area contributed by atoms with Crippen LogP contribution in [-0.2, 0) is 21.7 Å². The Hall–Kier alpha value is -4.88. The van der Waals surface area contributed by atoms with Crippen LogP contribution in [0.5, 0.6) is 23.0 Å². The van der Waals surface area contributed by atoms with E-state index < -0.39 is 0 Å². The number of nitrogens with zero attached hydrogens (tertiary/aromatic N) is 4. The summed E-state index contributed by atoms with van der Waals surface area (Å²) in [6.45, 7) is 34.5. The molecule has 0 atom stereocenters. The van der Waals surface area contributed by atoms with E-state index in [-0.39, 0.29) is 21.7 Å². The van der Waals surface area contributed by atoms with Crippen molar-refractivity contribution in [2.75, 3.05) is 39.5 Å². The highest BCUT2D eigenvalue weighted by atomic mass is 32.2. The summed E-state index contributed by atoms with van der Waals surface area (Å²) in [7, 11) is 0. The van der Waals surface area contributed by atoms with Crippen molar-refractivity contribution < 1.29 is 18.9 Å². The summed E-state index contributed by atoms with van der Waals surface area (Å²) in [6, 6.07) is 30.3. The SMILES string of the molecule is CCCOc1c2cc(C(C)(C)C)cc1Sc1cc(C(C)(C)C)cc(c1OCCN=Cc1ccccn1)Sc1cc(C(C)(C)C)cc(c1OCCC)Sc1cc(C(C)(C)C)cc(c1OCCN=Cc1ccccn1)S2. The second-order valence-electron chi connectivity index (χ2n) is 22.6. The van der Waals surface area contributed by atoms with Gasteiger partial charge in [0.2, 0.25) is 0 Å². The van der Waals surface area contributed by atoms with Gasteiger partial charge in [0.25, 0.3) is 0 Å². The third-order valence-corrected chi connectivity index (χ3v) is 16.3. The molecule has 392 valence electrons. The van der Waals surface area contributed by atoms with Crippen LogP contribution >= 0.6 is 47.0 Å². The van der Waals surface area contributed by atoms with Gasteiger partial charge in [-0.05, 0) is 130 Å². The van der Waals surface area contributed by atoms with Crippen molar-refractivity contribution in [1.29, 1.82) is 0 Å². The molecule has 8 bridgehead atoms. The summed E-state index contributed by atoms with van der Waals surface area (Å²) >= 11 is 6.87. The second kappa shape index (κ2) is 24.9. The van der Waals surface area contributed by atoms with Crippen LogP contribution in [0.1, 0.15) is 143 Å². The molecule has 1 aliphatic heterocycles. The molecule has 7 rings (SSSR count). The second-order valence-corrected chi connectivity index (χ2v) is 26.9. The number of aliphatic imine (C=N–C) groups is 2. The van der Waals surface area contributed by atoms with Gasteiger partial charge in [-0.1, -0.05) is 156 Å². The van der Waals surface area contributed by atoms with Crippen LogP contribution in [0.25, 0.3) is 0 Å². The molecule has 0 saturated carbocycles. The number of hydrogen-bond donors (Lipinski definition) is 0. The van der Waals surface area contributed by atoms with Gasteiger partial charge < -0.3 is 18.9 Å². The lowest BCUT2D eigenvalue weighted by Gasteiger charge is -2.28. The van der Waals surface area contributed by atoms with Gasteiger partial charge in [0.1, 0.15) is 36.2 Å². The minimum absolute atomic E-state index is 0.184. The fraction of sp³-hybridized carbons (Fsp3) is 0.419. The lowest BCUT2D eigenvalue weighted by atomic mass is 9.87. The van der Waals surface area contributed by atoms with Crippen LogP contribution in [0.15, 0.2) is 146 Å². The van der Waals surface area contributed by atoms with Gasteiger partial charge in [-0.2, -0.15) is 0 Å².